The highest BCUT2D eigenvalue weighted by Gasteiger charge is 1.93. The van der Waals surface area contributed by atoms with Gasteiger partial charge in [0.1, 0.15) is 0 Å². The van der Waals surface area contributed by atoms with Gasteiger partial charge in [0, 0.05) is 12.2 Å². The molecule has 0 bridgehead atoms. The first-order valence-corrected chi connectivity index (χ1v) is 4.91. The Balaban J connectivity index is 2.13. The van der Waals surface area contributed by atoms with Gasteiger partial charge in [-0.05, 0) is 30.9 Å². The molecule has 1 aromatic carbocycles. The van der Waals surface area contributed by atoms with Crippen LogP contribution in [-0.2, 0) is 0 Å². The van der Waals surface area contributed by atoms with Crippen LogP contribution in [-0.4, -0.2) is 6.54 Å². The molecule has 0 heterocycles. The van der Waals surface area contributed by atoms with E-state index in [1.54, 1.807) is 0 Å². The third kappa shape index (κ3) is 4.56. The highest BCUT2D eigenvalue weighted by molar-refractivity contribution is 5.42. The molecule has 0 aliphatic heterocycles. The van der Waals surface area contributed by atoms with Crippen LogP contribution in [0.25, 0.3) is 0 Å². The van der Waals surface area contributed by atoms with E-state index in [4.69, 9.17) is 0 Å². The second-order valence-electron chi connectivity index (χ2n) is 3.54. The molecule has 0 aliphatic rings. The maximum Gasteiger partial charge on any atom is 0.0340 e. The topological polar surface area (TPSA) is 12.0 Å². The maximum atomic E-state index is 3.96. The Morgan fingerprint density at radius 3 is 2.62 bits per heavy atom. The Kier molecular flexibility index (Phi) is 4.37. The largest absolute Gasteiger partial charge is 0.385 e. The van der Waals surface area contributed by atoms with Crippen molar-refractivity contribution in [1.82, 2.24) is 0 Å². The van der Waals surface area contributed by atoms with Gasteiger partial charge in [-0.25, -0.2) is 0 Å². The third-order valence-corrected chi connectivity index (χ3v) is 1.98. The monoisotopic (exact) mass is 176 g/mol. The van der Waals surface area contributed by atoms with Gasteiger partial charge in [-0.3, -0.25) is 0 Å². The van der Waals surface area contributed by atoms with Crippen molar-refractivity contribution in [3.05, 3.63) is 37.3 Å². The van der Waals surface area contributed by atoms with E-state index in [0.717, 1.165) is 6.54 Å². The molecule has 1 radical (unpaired) electrons. The first kappa shape index (κ1) is 10.1. The molecule has 1 N–H and O–H groups in total. The Morgan fingerprint density at radius 1 is 1.31 bits per heavy atom. The maximum absolute atomic E-state index is 3.96. The van der Waals surface area contributed by atoms with E-state index in [1.165, 1.54) is 18.5 Å². The SMILES string of the molecule is [CH2]C(C)CCCNc1ccccc1. The summed E-state index contributed by atoms with van der Waals surface area (Å²) in [6, 6.07) is 10.3. The van der Waals surface area contributed by atoms with Gasteiger partial charge in [-0.1, -0.05) is 32.0 Å². The summed E-state index contributed by atoms with van der Waals surface area (Å²) in [6.45, 7) is 7.16. The minimum atomic E-state index is 0.567. The molecule has 0 aliphatic carbocycles. The number of hydrogen-bond acceptors (Lipinski definition) is 1. The standard InChI is InChI=1S/C12H18N/c1-11(2)7-6-10-13-12-8-4-3-5-9-12/h3-5,8-9,11,13H,1,6-7,10H2,2H3. The predicted octanol–water partition coefficient (Wildman–Crippen LogP) is 3.35. The number of para-hydroxylation sites is 1. The first-order chi connectivity index (χ1) is 6.29. The van der Waals surface area contributed by atoms with Crippen LogP contribution in [0.5, 0.6) is 0 Å². The van der Waals surface area contributed by atoms with Crippen molar-refractivity contribution in [3.63, 3.8) is 0 Å². The van der Waals surface area contributed by atoms with Crippen molar-refractivity contribution in [3.8, 4) is 0 Å². The molecular formula is C12H18N. The van der Waals surface area contributed by atoms with E-state index in [0.29, 0.717) is 5.92 Å². The van der Waals surface area contributed by atoms with Crippen LogP contribution >= 0.6 is 0 Å². The van der Waals surface area contributed by atoms with E-state index in [1.807, 2.05) is 18.2 Å². The highest BCUT2D eigenvalue weighted by Crippen LogP contribution is 2.07. The molecule has 0 fully saturated rings. The molecular weight excluding hydrogens is 158 g/mol. The lowest BCUT2D eigenvalue weighted by atomic mass is 10.1. The summed E-state index contributed by atoms with van der Waals surface area (Å²) in [6.07, 6.45) is 2.39. The molecule has 0 saturated heterocycles. The van der Waals surface area contributed by atoms with Gasteiger partial charge in [-0.2, -0.15) is 0 Å². The summed E-state index contributed by atoms with van der Waals surface area (Å²) in [5.41, 5.74) is 1.21. The minimum Gasteiger partial charge on any atom is -0.385 e. The second-order valence-corrected chi connectivity index (χ2v) is 3.54. The lowest BCUT2D eigenvalue weighted by Crippen LogP contribution is -2.02. The summed E-state index contributed by atoms with van der Waals surface area (Å²) in [5, 5.41) is 3.37. The van der Waals surface area contributed by atoms with Crippen molar-refractivity contribution >= 4 is 5.69 Å². The molecule has 1 atom stereocenters. The minimum absolute atomic E-state index is 0.567. The molecule has 71 valence electrons. The molecule has 13 heavy (non-hydrogen) atoms. The summed E-state index contributed by atoms with van der Waals surface area (Å²) in [7, 11) is 0. The van der Waals surface area contributed by atoms with Crippen LogP contribution in [0.1, 0.15) is 19.8 Å². The normalized spacial score (nSPS) is 10.4. The van der Waals surface area contributed by atoms with Crippen molar-refractivity contribution < 1.29 is 0 Å². The zero-order chi connectivity index (χ0) is 9.52. The van der Waals surface area contributed by atoms with Crippen LogP contribution in [0.15, 0.2) is 30.3 Å². The lowest BCUT2D eigenvalue weighted by Gasteiger charge is -2.07. The Morgan fingerprint density at radius 2 is 2.00 bits per heavy atom. The fraction of sp³-hybridized carbons (Fsp3) is 0.417. The first-order valence-electron chi connectivity index (χ1n) is 4.91. The van der Waals surface area contributed by atoms with Crippen molar-refractivity contribution in [1.29, 1.82) is 0 Å². The number of anilines is 1. The van der Waals surface area contributed by atoms with Crippen molar-refractivity contribution in [2.24, 2.45) is 5.92 Å². The summed E-state index contributed by atoms with van der Waals surface area (Å²) in [4.78, 5) is 0. The van der Waals surface area contributed by atoms with E-state index < -0.39 is 0 Å². The van der Waals surface area contributed by atoms with Gasteiger partial charge in [0.05, 0.1) is 0 Å². The second kappa shape index (κ2) is 5.63. The van der Waals surface area contributed by atoms with Gasteiger partial charge < -0.3 is 5.32 Å². The van der Waals surface area contributed by atoms with Crippen LogP contribution in [0, 0.1) is 12.8 Å². The fourth-order valence-corrected chi connectivity index (χ4v) is 1.24. The fourth-order valence-electron chi connectivity index (χ4n) is 1.24. The number of nitrogens with one attached hydrogen (secondary N) is 1. The number of rotatable bonds is 5. The smallest absolute Gasteiger partial charge is 0.0340 e. The van der Waals surface area contributed by atoms with Crippen LogP contribution in [0.4, 0.5) is 5.69 Å². The van der Waals surface area contributed by atoms with E-state index in [2.05, 4.69) is 31.3 Å². The quantitative estimate of drug-likeness (QED) is 0.678. The van der Waals surface area contributed by atoms with Gasteiger partial charge in [0.25, 0.3) is 0 Å². The third-order valence-electron chi connectivity index (χ3n) is 1.98. The molecule has 0 amide bonds. The molecule has 1 aromatic rings. The Bertz CT molecular complexity index is 216. The molecule has 1 rings (SSSR count). The summed E-state index contributed by atoms with van der Waals surface area (Å²) < 4.78 is 0. The average molecular weight is 176 g/mol. The van der Waals surface area contributed by atoms with E-state index in [9.17, 15) is 0 Å². The van der Waals surface area contributed by atoms with Gasteiger partial charge in [-0.15, -0.1) is 0 Å². The van der Waals surface area contributed by atoms with Crippen LogP contribution < -0.4 is 5.32 Å². The van der Waals surface area contributed by atoms with E-state index in [-0.39, 0.29) is 0 Å². The van der Waals surface area contributed by atoms with Gasteiger partial charge >= 0.3 is 0 Å². The molecule has 0 saturated carbocycles. The van der Waals surface area contributed by atoms with Crippen LogP contribution in [0.2, 0.25) is 0 Å². The van der Waals surface area contributed by atoms with Gasteiger partial charge in [0.2, 0.25) is 0 Å². The van der Waals surface area contributed by atoms with E-state index >= 15 is 0 Å². The molecule has 1 unspecified atom stereocenters. The predicted molar refractivity (Wildman–Crippen MR) is 58.7 cm³/mol. The number of hydrogen-bond donors (Lipinski definition) is 1. The molecule has 0 spiro atoms. The summed E-state index contributed by atoms with van der Waals surface area (Å²) in [5.74, 6) is 0.567. The van der Waals surface area contributed by atoms with Crippen LogP contribution in [0.3, 0.4) is 0 Å². The lowest BCUT2D eigenvalue weighted by molar-refractivity contribution is 0.618. The van der Waals surface area contributed by atoms with Crippen molar-refractivity contribution in [2.45, 2.75) is 19.8 Å². The molecule has 0 aromatic heterocycles. The zero-order valence-electron chi connectivity index (χ0n) is 8.29. The molecule has 1 heteroatoms. The Hall–Kier alpha value is -0.980. The van der Waals surface area contributed by atoms with Gasteiger partial charge in [0.15, 0.2) is 0 Å². The average Bonchev–Trinajstić information content (AvgIpc) is 2.14. The highest BCUT2D eigenvalue weighted by atomic mass is 14.9. The summed E-state index contributed by atoms with van der Waals surface area (Å²) >= 11 is 0. The van der Waals surface area contributed by atoms with Crippen molar-refractivity contribution in [2.75, 3.05) is 11.9 Å². The zero-order valence-corrected chi connectivity index (χ0v) is 8.29. The number of benzene rings is 1. The Labute approximate surface area is 81.2 Å². The molecule has 1 nitrogen and oxygen atoms in total.